The van der Waals surface area contributed by atoms with Gasteiger partial charge in [-0.2, -0.15) is 0 Å². The number of benzene rings is 2. The number of aryl methyl sites for hydroxylation is 1. The number of pyridine rings is 1. The zero-order chi connectivity index (χ0) is 21.8. The van der Waals surface area contributed by atoms with Crippen molar-refractivity contribution in [1.82, 2.24) is 9.88 Å². The van der Waals surface area contributed by atoms with E-state index in [4.69, 9.17) is 4.74 Å². The SMILES string of the molecule is CCc1ccc(NC2=C(c3ccccc3OC)C(=O)N(Cc3ccccn3)C2=O)cc1. The number of rotatable bonds is 7. The molecule has 0 unspecified atom stereocenters. The highest BCUT2D eigenvalue weighted by Gasteiger charge is 2.40. The summed E-state index contributed by atoms with van der Waals surface area (Å²) in [6.45, 7) is 2.18. The number of aromatic nitrogens is 1. The molecule has 2 amide bonds. The van der Waals surface area contributed by atoms with Crippen molar-refractivity contribution in [3.05, 3.63) is 95.4 Å². The molecule has 31 heavy (non-hydrogen) atoms. The smallest absolute Gasteiger partial charge is 0.278 e. The van der Waals surface area contributed by atoms with Crippen molar-refractivity contribution in [2.75, 3.05) is 12.4 Å². The molecule has 0 bridgehead atoms. The van der Waals surface area contributed by atoms with E-state index in [0.717, 1.165) is 12.1 Å². The third-order valence-electron chi connectivity index (χ3n) is 5.22. The first-order valence-corrected chi connectivity index (χ1v) is 10.1. The van der Waals surface area contributed by atoms with E-state index in [-0.39, 0.29) is 23.7 Å². The van der Waals surface area contributed by atoms with E-state index in [1.54, 1.807) is 37.6 Å². The molecule has 0 aliphatic carbocycles. The molecule has 0 saturated heterocycles. The largest absolute Gasteiger partial charge is 0.496 e. The molecule has 1 aliphatic heterocycles. The number of hydrogen-bond donors (Lipinski definition) is 1. The number of hydrogen-bond acceptors (Lipinski definition) is 5. The molecule has 1 N–H and O–H groups in total. The summed E-state index contributed by atoms with van der Waals surface area (Å²) in [7, 11) is 1.54. The number of ether oxygens (including phenoxy) is 1. The van der Waals surface area contributed by atoms with Crippen LogP contribution in [0.15, 0.2) is 78.6 Å². The summed E-state index contributed by atoms with van der Waals surface area (Å²) in [4.78, 5) is 32.2. The van der Waals surface area contributed by atoms with Gasteiger partial charge in [-0.3, -0.25) is 19.5 Å². The monoisotopic (exact) mass is 413 g/mol. The fourth-order valence-electron chi connectivity index (χ4n) is 3.56. The Hall–Kier alpha value is -3.93. The molecule has 0 spiro atoms. The lowest BCUT2D eigenvalue weighted by molar-refractivity contribution is -0.137. The predicted octanol–water partition coefficient (Wildman–Crippen LogP) is 4.04. The van der Waals surface area contributed by atoms with Crippen LogP contribution >= 0.6 is 0 Å². The van der Waals surface area contributed by atoms with Gasteiger partial charge in [-0.1, -0.05) is 43.3 Å². The fraction of sp³-hybridized carbons (Fsp3) is 0.160. The molecule has 2 heterocycles. The van der Waals surface area contributed by atoms with Gasteiger partial charge in [-0.05, 0) is 42.3 Å². The molecule has 0 fully saturated rings. The maximum atomic E-state index is 13.4. The summed E-state index contributed by atoms with van der Waals surface area (Å²) in [5, 5.41) is 3.18. The number of carbonyl (C=O) groups is 2. The van der Waals surface area contributed by atoms with E-state index in [9.17, 15) is 9.59 Å². The molecule has 156 valence electrons. The maximum Gasteiger partial charge on any atom is 0.278 e. The van der Waals surface area contributed by atoms with Crippen molar-refractivity contribution in [1.29, 1.82) is 0 Å². The molecule has 0 atom stereocenters. The predicted molar refractivity (Wildman–Crippen MR) is 119 cm³/mol. The Morgan fingerprint density at radius 2 is 1.68 bits per heavy atom. The summed E-state index contributed by atoms with van der Waals surface area (Å²) in [6, 6.07) is 20.4. The van der Waals surface area contributed by atoms with Crippen LogP contribution < -0.4 is 10.1 Å². The summed E-state index contributed by atoms with van der Waals surface area (Å²) in [6.07, 6.45) is 2.56. The number of nitrogens with one attached hydrogen (secondary N) is 1. The van der Waals surface area contributed by atoms with Crippen LogP contribution in [0.4, 0.5) is 5.69 Å². The average Bonchev–Trinajstić information content (AvgIpc) is 3.04. The van der Waals surface area contributed by atoms with Crippen LogP contribution in [0.2, 0.25) is 0 Å². The fourth-order valence-corrected chi connectivity index (χ4v) is 3.56. The molecule has 4 rings (SSSR count). The lowest BCUT2D eigenvalue weighted by atomic mass is 10.0. The average molecular weight is 413 g/mol. The van der Waals surface area contributed by atoms with Crippen molar-refractivity contribution in [3.63, 3.8) is 0 Å². The highest BCUT2D eigenvalue weighted by atomic mass is 16.5. The Balaban J connectivity index is 1.76. The molecule has 1 aromatic heterocycles. The molecule has 3 aromatic rings. The van der Waals surface area contributed by atoms with Crippen LogP contribution in [0.5, 0.6) is 5.75 Å². The lowest BCUT2D eigenvalue weighted by Gasteiger charge is -2.15. The van der Waals surface area contributed by atoms with Gasteiger partial charge in [0.1, 0.15) is 11.4 Å². The van der Waals surface area contributed by atoms with Gasteiger partial charge in [0, 0.05) is 17.4 Å². The van der Waals surface area contributed by atoms with Crippen molar-refractivity contribution >= 4 is 23.1 Å². The molecule has 6 nitrogen and oxygen atoms in total. The Morgan fingerprint density at radius 1 is 0.935 bits per heavy atom. The van der Waals surface area contributed by atoms with E-state index >= 15 is 0 Å². The van der Waals surface area contributed by atoms with E-state index in [0.29, 0.717) is 17.0 Å². The first kappa shape index (κ1) is 20.3. The Kier molecular flexibility index (Phi) is 5.80. The van der Waals surface area contributed by atoms with Crippen LogP contribution in [0.25, 0.3) is 5.57 Å². The Morgan fingerprint density at radius 3 is 2.35 bits per heavy atom. The Bertz CT molecular complexity index is 1140. The van der Waals surface area contributed by atoms with Crippen molar-refractivity contribution < 1.29 is 14.3 Å². The Labute approximate surface area is 181 Å². The van der Waals surface area contributed by atoms with Crippen molar-refractivity contribution in [3.8, 4) is 5.75 Å². The maximum absolute atomic E-state index is 13.4. The quantitative estimate of drug-likeness (QED) is 0.592. The van der Waals surface area contributed by atoms with Gasteiger partial charge >= 0.3 is 0 Å². The molecule has 0 radical (unpaired) electrons. The molecular formula is C25H23N3O3. The number of imide groups is 1. The molecule has 0 saturated carbocycles. The number of para-hydroxylation sites is 1. The second kappa shape index (κ2) is 8.83. The number of nitrogens with zero attached hydrogens (tertiary/aromatic N) is 2. The molecular weight excluding hydrogens is 390 g/mol. The second-order valence-corrected chi connectivity index (χ2v) is 7.14. The van der Waals surface area contributed by atoms with E-state index in [2.05, 4.69) is 17.2 Å². The highest BCUT2D eigenvalue weighted by molar-refractivity contribution is 6.36. The standard InChI is InChI=1S/C25H23N3O3/c1-3-17-11-13-18(14-12-17)27-23-22(20-9-4-5-10-21(20)31-2)24(29)28(25(23)30)16-19-8-6-7-15-26-19/h4-15,27H,3,16H2,1-2H3. The van der Waals surface area contributed by atoms with Crippen LogP contribution in [0, 0.1) is 0 Å². The summed E-state index contributed by atoms with van der Waals surface area (Å²) in [5.41, 5.74) is 3.65. The minimum Gasteiger partial charge on any atom is -0.496 e. The topological polar surface area (TPSA) is 71.5 Å². The van der Waals surface area contributed by atoms with Gasteiger partial charge < -0.3 is 10.1 Å². The number of carbonyl (C=O) groups excluding carboxylic acids is 2. The van der Waals surface area contributed by atoms with Gasteiger partial charge in [0.25, 0.3) is 11.8 Å². The van der Waals surface area contributed by atoms with Crippen molar-refractivity contribution in [2.45, 2.75) is 19.9 Å². The molecule has 2 aromatic carbocycles. The normalized spacial score (nSPS) is 13.7. The summed E-state index contributed by atoms with van der Waals surface area (Å²) >= 11 is 0. The number of methoxy groups -OCH3 is 1. The van der Waals surface area contributed by atoms with Crippen LogP contribution in [-0.2, 0) is 22.6 Å². The van der Waals surface area contributed by atoms with Crippen LogP contribution in [-0.4, -0.2) is 28.8 Å². The van der Waals surface area contributed by atoms with Crippen molar-refractivity contribution in [2.24, 2.45) is 0 Å². The zero-order valence-corrected chi connectivity index (χ0v) is 17.5. The van der Waals surface area contributed by atoms with Crippen LogP contribution in [0.1, 0.15) is 23.7 Å². The first-order chi connectivity index (χ1) is 15.1. The van der Waals surface area contributed by atoms with Gasteiger partial charge in [0.05, 0.1) is 24.9 Å². The van der Waals surface area contributed by atoms with Gasteiger partial charge in [0.2, 0.25) is 0 Å². The zero-order valence-electron chi connectivity index (χ0n) is 17.5. The minimum absolute atomic E-state index is 0.0944. The third kappa shape index (κ3) is 4.05. The number of amides is 2. The summed E-state index contributed by atoms with van der Waals surface area (Å²) in [5.74, 6) is -0.247. The van der Waals surface area contributed by atoms with Crippen LogP contribution in [0.3, 0.4) is 0 Å². The highest BCUT2D eigenvalue weighted by Crippen LogP contribution is 2.35. The molecule has 6 heteroatoms. The van der Waals surface area contributed by atoms with E-state index < -0.39 is 5.91 Å². The minimum atomic E-state index is -0.392. The summed E-state index contributed by atoms with van der Waals surface area (Å²) < 4.78 is 5.47. The van der Waals surface area contributed by atoms with Gasteiger partial charge in [-0.25, -0.2) is 0 Å². The lowest BCUT2D eigenvalue weighted by Crippen LogP contribution is -2.32. The number of anilines is 1. The third-order valence-corrected chi connectivity index (χ3v) is 5.22. The van der Waals surface area contributed by atoms with Gasteiger partial charge in [-0.15, -0.1) is 0 Å². The van der Waals surface area contributed by atoms with Gasteiger partial charge in [0.15, 0.2) is 0 Å². The van der Waals surface area contributed by atoms with E-state index in [1.165, 1.54) is 10.5 Å². The molecule has 1 aliphatic rings. The second-order valence-electron chi connectivity index (χ2n) is 7.14. The van der Waals surface area contributed by atoms with E-state index in [1.807, 2.05) is 42.5 Å². The first-order valence-electron chi connectivity index (χ1n) is 10.1.